The van der Waals surface area contributed by atoms with Crippen molar-refractivity contribution in [2.45, 2.75) is 0 Å². The van der Waals surface area contributed by atoms with Crippen LogP contribution in [0, 0.1) is 0 Å². The van der Waals surface area contributed by atoms with Crippen LogP contribution in [0.1, 0.15) is 10.5 Å². The number of imidazole rings is 1. The Labute approximate surface area is 72.3 Å². The Hall–Kier alpha value is -1.49. The Bertz CT molecular complexity index is 379. The molecule has 0 aliphatic carbocycles. The summed E-state index contributed by atoms with van der Waals surface area (Å²) in [6.45, 7) is 0. The summed E-state index contributed by atoms with van der Waals surface area (Å²) in [7, 11) is 0. The van der Waals surface area contributed by atoms with Crippen LogP contribution in [-0.2, 0) is 0 Å². The van der Waals surface area contributed by atoms with Gasteiger partial charge in [0, 0.05) is 11.6 Å². The normalized spacial score (nSPS) is 10.0. The van der Waals surface area contributed by atoms with Crippen molar-refractivity contribution in [2.75, 3.05) is 0 Å². The van der Waals surface area contributed by atoms with Crippen LogP contribution in [0.4, 0.5) is 0 Å². The quantitative estimate of drug-likeness (QED) is 0.708. The van der Waals surface area contributed by atoms with Crippen LogP contribution in [0.15, 0.2) is 17.1 Å². The highest BCUT2D eigenvalue weighted by molar-refractivity contribution is 7.07. The van der Waals surface area contributed by atoms with Crippen LogP contribution in [-0.4, -0.2) is 21.2 Å². The van der Waals surface area contributed by atoms with Gasteiger partial charge in [0.1, 0.15) is 11.4 Å². The third-order valence-corrected chi connectivity index (χ3v) is 1.98. The number of nitrogens with zero attached hydrogens (tertiary/aromatic N) is 2. The molecule has 0 radical (unpaired) electrons. The van der Waals surface area contributed by atoms with E-state index in [4.69, 9.17) is 0 Å². The zero-order valence-electron chi connectivity index (χ0n) is 6.02. The molecule has 0 aliphatic heterocycles. The first-order chi connectivity index (χ1) is 5.90. The number of carbonyl (C=O) groups is 1. The molecule has 2 rings (SSSR count). The zero-order valence-corrected chi connectivity index (χ0v) is 6.84. The van der Waals surface area contributed by atoms with Gasteiger partial charge in [-0.05, 0) is 0 Å². The van der Waals surface area contributed by atoms with Gasteiger partial charge in [-0.1, -0.05) is 0 Å². The first kappa shape index (κ1) is 7.17. The molecular formula is C7H5N3OS. The molecular weight excluding hydrogens is 174 g/mol. The fourth-order valence-electron chi connectivity index (χ4n) is 0.857. The minimum atomic E-state index is 0.401. The Morgan fingerprint density at radius 2 is 2.50 bits per heavy atom. The molecule has 0 atom stereocenters. The van der Waals surface area contributed by atoms with Gasteiger partial charge in [0.15, 0.2) is 12.1 Å². The molecule has 0 aliphatic rings. The summed E-state index contributed by atoms with van der Waals surface area (Å²) in [4.78, 5) is 21.2. The lowest BCUT2D eigenvalue weighted by atomic mass is 10.5. The summed E-state index contributed by atoms with van der Waals surface area (Å²) >= 11 is 1.49. The molecule has 0 amide bonds. The van der Waals surface area contributed by atoms with E-state index in [2.05, 4.69) is 15.0 Å². The van der Waals surface area contributed by atoms with E-state index in [1.807, 2.05) is 5.38 Å². The number of thiazole rings is 1. The lowest BCUT2D eigenvalue weighted by Crippen LogP contribution is -1.80. The van der Waals surface area contributed by atoms with E-state index in [1.165, 1.54) is 11.3 Å². The molecule has 0 fully saturated rings. The van der Waals surface area contributed by atoms with Crippen molar-refractivity contribution < 1.29 is 4.79 Å². The molecule has 0 saturated carbocycles. The summed E-state index contributed by atoms with van der Waals surface area (Å²) in [5.41, 5.74) is 2.89. The van der Waals surface area contributed by atoms with E-state index < -0.39 is 0 Å². The molecule has 0 bridgehead atoms. The number of hydrogen-bond donors (Lipinski definition) is 1. The van der Waals surface area contributed by atoms with E-state index >= 15 is 0 Å². The number of aromatic nitrogens is 3. The van der Waals surface area contributed by atoms with Crippen molar-refractivity contribution in [3.63, 3.8) is 0 Å². The molecule has 0 unspecified atom stereocenters. The van der Waals surface area contributed by atoms with Crippen LogP contribution < -0.4 is 0 Å². The summed E-state index contributed by atoms with van der Waals surface area (Å²) in [6, 6.07) is 0. The average Bonchev–Trinajstić information content (AvgIpc) is 2.75. The molecule has 0 aromatic carbocycles. The number of H-pyrrole nitrogens is 1. The smallest absolute Gasteiger partial charge is 0.170 e. The van der Waals surface area contributed by atoms with Crippen LogP contribution in [0.5, 0.6) is 0 Å². The summed E-state index contributed by atoms with van der Waals surface area (Å²) in [5.74, 6) is 0.637. The van der Waals surface area contributed by atoms with Crippen LogP contribution in [0.2, 0.25) is 0 Å². The maximum atomic E-state index is 10.3. The van der Waals surface area contributed by atoms with Crippen molar-refractivity contribution in [3.8, 4) is 11.5 Å². The highest BCUT2D eigenvalue weighted by atomic mass is 32.1. The standard InChI is InChI=1S/C7H5N3OS/c11-2-5-1-8-7(10-5)6-3-12-4-9-6/h1-4H,(H,8,10). The van der Waals surface area contributed by atoms with Gasteiger partial charge in [-0.3, -0.25) is 4.79 Å². The Balaban J connectivity index is 2.41. The van der Waals surface area contributed by atoms with E-state index in [0.29, 0.717) is 17.8 Å². The number of rotatable bonds is 2. The lowest BCUT2D eigenvalue weighted by Gasteiger charge is -1.84. The fraction of sp³-hybridized carbons (Fsp3) is 0. The predicted molar refractivity (Wildman–Crippen MR) is 45.1 cm³/mol. The SMILES string of the molecule is O=Cc1c[nH]c(-c2cscn2)n1. The Kier molecular flexibility index (Phi) is 1.71. The third-order valence-electron chi connectivity index (χ3n) is 1.39. The second kappa shape index (κ2) is 2.86. The molecule has 12 heavy (non-hydrogen) atoms. The van der Waals surface area contributed by atoms with Gasteiger partial charge in [0.05, 0.1) is 5.51 Å². The number of aldehydes is 1. The Morgan fingerprint density at radius 1 is 1.58 bits per heavy atom. The largest absolute Gasteiger partial charge is 0.343 e. The molecule has 2 aromatic rings. The van der Waals surface area contributed by atoms with E-state index in [9.17, 15) is 4.79 Å². The highest BCUT2D eigenvalue weighted by Gasteiger charge is 2.03. The third kappa shape index (κ3) is 1.14. The molecule has 2 heterocycles. The number of carbonyl (C=O) groups excluding carboxylic acids is 1. The lowest BCUT2D eigenvalue weighted by molar-refractivity contribution is 0.111. The molecule has 2 aromatic heterocycles. The van der Waals surface area contributed by atoms with Gasteiger partial charge >= 0.3 is 0 Å². The van der Waals surface area contributed by atoms with Crippen LogP contribution in [0.3, 0.4) is 0 Å². The molecule has 60 valence electrons. The fourth-order valence-corrected chi connectivity index (χ4v) is 1.39. The van der Waals surface area contributed by atoms with Crippen LogP contribution in [0.25, 0.3) is 11.5 Å². The first-order valence-corrected chi connectivity index (χ1v) is 4.23. The minimum absolute atomic E-state index is 0.401. The van der Waals surface area contributed by atoms with E-state index in [0.717, 1.165) is 5.69 Å². The molecule has 0 spiro atoms. The zero-order chi connectivity index (χ0) is 8.39. The summed E-state index contributed by atoms with van der Waals surface area (Å²) in [6.07, 6.45) is 2.26. The average molecular weight is 179 g/mol. The van der Waals surface area contributed by atoms with Crippen LogP contribution >= 0.6 is 11.3 Å². The van der Waals surface area contributed by atoms with Gasteiger partial charge in [0.25, 0.3) is 0 Å². The second-order valence-electron chi connectivity index (χ2n) is 2.17. The van der Waals surface area contributed by atoms with Gasteiger partial charge in [0.2, 0.25) is 0 Å². The monoisotopic (exact) mass is 179 g/mol. The maximum absolute atomic E-state index is 10.3. The number of nitrogens with one attached hydrogen (secondary N) is 1. The van der Waals surface area contributed by atoms with Crippen molar-refractivity contribution in [1.29, 1.82) is 0 Å². The number of hydrogen-bond acceptors (Lipinski definition) is 4. The molecule has 5 heteroatoms. The molecule has 4 nitrogen and oxygen atoms in total. The van der Waals surface area contributed by atoms with Crippen molar-refractivity contribution >= 4 is 17.6 Å². The first-order valence-electron chi connectivity index (χ1n) is 3.29. The summed E-state index contributed by atoms with van der Waals surface area (Å²) in [5, 5.41) is 1.87. The maximum Gasteiger partial charge on any atom is 0.170 e. The summed E-state index contributed by atoms with van der Waals surface area (Å²) < 4.78 is 0. The highest BCUT2D eigenvalue weighted by Crippen LogP contribution is 2.14. The number of aromatic amines is 1. The van der Waals surface area contributed by atoms with Gasteiger partial charge in [-0.15, -0.1) is 11.3 Å². The van der Waals surface area contributed by atoms with Crippen molar-refractivity contribution in [3.05, 3.63) is 22.8 Å². The topological polar surface area (TPSA) is 58.6 Å². The predicted octanol–water partition coefficient (Wildman–Crippen LogP) is 1.35. The minimum Gasteiger partial charge on any atom is -0.343 e. The van der Waals surface area contributed by atoms with Gasteiger partial charge in [-0.2, -0.15) is 0 Å². The van der Waals surface area contributed by atoms with E-state index in [-0.39, 0.29) is 0 Å². The second-order valence-corrected chi connectivity index (χ2v) is 2.88. The van der Waals surface area contributed by atoms with Gasteiger partial charge in [-0.25, -0.2) is 9.97 Å². The van der Waals surface area contributed by atoms with Crippen molar-refractivity contribution in [1.82, 2.24) is 15.0 Å². The van der Waals surface area contributed by atoms with E-state index in [1.54, 1.807) is 11.7 Å². The Morgan fingerprint density at radius 3 is 3.08 bits per heavy atom. The molecule has 0 saturated heterocycles. The van der Waals surface area contributed by atoms with Crippen molar-refractivity contribution in [2.24, 2.45) is 0 Å². The van der Waals surface area contributed by atoms with Gasteiger partial charge < -0.3 is 4.98 Å². The molecule has 1 N–H and O–H groups in total.